The van der Waals surface area contributed by atoms with Gasteiger partial charge in [-0.15, -0.1) is 56.8 Å². The first-order valence-corrected chi connectivity index (χ1v) is 11.0. The van der Waals surface area contributed by atoms with Crippen LogP contribution in [0.1, 0.15) is 22.5 Å². The number of aliphatic imine (C=N–C) groups is 1. The summed E-state index contributed by atoms with van der Waals surface area (Å²) in [5.74, 6) is 1.88. The molecular formula is C19H27IN6S2. The summed E-state index contributed by atoms with van der Waals surface area (Å²) in [6.45, 7) is 5.36. The number of aromatic nitrogens is 3. The average molecular weight is 531 g/mol. The number of nitrogens with zero attached hydrogens (tertiary/aromatic N) is 4. The van der Waals surface area contributed by atoms with Crippen molar-refractivity contribution in [1.82, 2.24) is 25.4 Å². The van der Waals surface area contributed by atoms with Crippen LogP contribution in [0.2, 0.25) is 0 Å². The van der Waals surface area contributed by atoms with E-state index < -0.39 is 0 Å². The van der Waals surface area contributed by atoms with E-state index in [4.69, 9.17) is 4.99 Å². The molecule has 0 radical (unpaired) electrons. The third-order valence-corrected chi connectivity index (χ3v) is 5.98. The highest BCUT2D eigenvalue weighted by Crippen LogP contribution is 2.09. The molecule has 0 spiro atoms. The molecule has 152 valence electrons. The van der Waals surface area contributed by atoms with Gasteiger partial charge < -0.3 is 15.2 Å². The fourth-order valence-electron chi connectivity index (χ4n) is 2.70. The zero-order valence-corrected chi connectivity index (χ0v) is 20.0. The van der Waals surface area contributed by atoms with Crippen LogP contribution < -0.4 is 10.6 Å². The first kappa shape index (κ1) is 22.8. The largest absolute Gasteiger partial charge is 0.356 e. The van der Waals surface area contributed by atoms with Crippen LogP contribution in [0.3, 0.4) is 0 Å². The predicted molar refractivity (Wildman–Crippen MR) is 129 cm³/mol. The number of aryl methyl sites for hydroxylation is 1. The molecule has 0 saturated heterocycles. The van der Waals surface area contributed by atoms with Crippen molar-refractivity contribution in [2.75, 3.05) is 19.6 Å². The van der Waals surface area contributed by atoms with E-state index in [1.54, 1.807) is 29.0 Å². The molecule has 2 N–H and O–H groups in total. The Morgan fingerprint density at radius 2 is 1.79 bits per heavy atom. The van der Waals surface area contributed by atoms with Gasteiger partial charge in [-0.05, 0) is 29.3 Å². The lowest BCUT2D eigenvalue weighted by Crippen LogP contribution is -2.40. The fraction of sp³-hybridized carbons (Fsp3) is 0.421. The minimum Gasteiger partial charge on any atom is -0.356 e. The number of guanidine groups is 1. The Hall–Kier alpha value is -1.46. The zero-order valence-electron chi connectivity index (χ0n) is 16.0. The van der Waals surface area contributed by atoms with Gasteiger partial charge in [-0.1, -0.05) is 19.1 Å². The second kappa shape index (κ2) is 12.9. The maximum Gasteiger partial charge on any atom is 0.191 e. The molecule has 9 heteroatoms. The molecule has 0 bridgehead atoms. The Morgan fingerprint density at radius 1 is 1.07 bits per heavy atom. The quantitative estimate of drug-likeness (QED) is 0.239. The molecule has 0 aliphatic rings. The third kappa shape index (κ3) is 7.51. The van der Waals surface area contributed by atoms with E-state index in [1.165, 1.54) is 9.75 Å². The van der Waals surface area contributed by atoms with Crippen LogP contribution in [0.15, 0.2) is 46.3 Å². The van der Waals surface area contributed by atoms with Crippen LogP contribution in [-0.2, 0) is 25.8 Å². The van der Waals surface area contributed by atoms with E-state index in [9.17, 15) is 0 Å². The van der Waals surface area contributed by atoms with E-state index in [1.807, 2.05) is 0 Å². The molecule has 0 aromatic carbocycles. The van der Waals surface area contributed by atoms with E-state index in [2.05, 4.69) is 67.3 Å². The maximum atomic E-state index is 4.74. The smallest absolute Gasteiger partial charge is 0.191 e. The molecule has 0 atom stereocenters. The molecule has 3 aromatic heterocycles. The second-order valence-electron chi connectivity index (χ2n) is 6.04. The van der Waals surface area contributed by atoms with Crippen molar-refractivity contribution < 1.29 is 0 Å². The van der Waals surface area contributed by atoms with Crippen LogP contribution in [-0.4, -0.2) is 40.4 Å². The number of halogens is 1. The van der Waals surface area contributed by atoms with Gasteiger partial charge in [-0.2, -0.15) is 0 Å². The van der Waals surface area contributed by atoms with Crippen LogP contribution in [0.5, 0.6) is 0 Å². The molecule has 3 rings (SSSR count). The van der Waals surface area contributed by atoms with Crippen molar-refractivity contribution in [3.63, 3.8) is 0 Å². The number of hydrogen-bond donors (Lipinski definition) is 2. The number of rotatable bonds is 10. The molecule has 0 fully saturated rings. The SMILES string of the molecule is CCc1nncn1CCNC(=NCCc1cccs1)NCCc1cccs1.I. The Kier molecular flexibility index (Phi) is 10.5. The van der Waals surface area contributed by atoms with E-state index in [-0.39, 0.29) is 24.0 Å². The Bertz CT molecular complexity index is 798. The van der Waals surface area contributed by atoms with Crippen LogP contribution in [0.25, 0.3) is 0 Å². The summed E-state index contributed by atoms with van der Waals surface area (Å²) < 4.78 is 2.09. The molecule has 0 amide bonds. The molecule has 3 aromatic rings. The molecule has 3 heterocycles. The van der Waals surface area contributed by atoms with Gasteiger partial charge >= 0.3 is 0 Å². The van der Waals surface area contributed by atoms with Crippen molar-refractivity contribution in [2.45, 2.75) is 32.7 Å². The summed E-state index contributed by atoms with van der Waals surface area (Å²) in [4.78, 5) is 7.50. The minimum atomic E-state index is 0. The fourth-order valence-corrected chi connectivity index (χ4v) is 4.11. The van der Waals surface area contributed by atoms with Crippen LogP contribution in [0.4, 0.5) is 0 Å². The molecule has 0 aliphatic heterocycles. The standard InChI is InChI=1S/C19H26N6S2.HI/c1-2-18-24-23-15-25(18)12-11-22-19(20-9-7-16-5-3-13-26-16)21-10-8-17-6-4-14-27-17;/h3-6,13-15H,2,7-12H2,1H3,(H2,20,21,22);1H. The van der Waals surface area contributed by atoms with Crippen LogP contribution in [0, 0.1) is 0 Å². The highest BCUT2D eigenvalue weighted by molar-refractivity contribution is 14.0. The van der Waals surface area contributed by atoms with Crippen molar-refractivity contribution >= 4 is 52.6 Å². The van der Waals surface area contributed by atoms with Gasteiger partial charge in [0.15, 0.2) is 5.96 Å². The van der Waals surface area contributed by atoms with Gasteiger partial charge in [0, 0.05) is 48.8 Å². The predicted octanol–water partition coefficient (Wildman–Crippen LogP) is 3.60. The first-order chi connectivity index (χ1) is 13.3. The summed E-state index contributed by atoms with van der Waals surface area (Å²) in [7, 11) is 0. The van der Waals surface area contributed by atoms with Gasteiger partial charge in [0.1, 0.15) is 12.2 Å². The monoisotopic (exact) mass is 530 g/mol. The number of nitrogens with one attached hydrogen (secondary N) is 2. The maximum absolute atomic E-state index is 4.74. The van der Waals surface area contributed by atoms with Crippen molar-refractivity contribution in [3.05, 3.63) is 56.9 Å². The lowest BCUT2D eigenvalue weighted by atomic mass is 10.3. The zero-order chi connectivity index (χ0) is 18.7. The number of hydrogen-bond acceptors (Lipinski definition) is 5. The van der Waals surface area contributed by atoms with E-state index >= 15 is 0 Å². The summed E-state index contributed by atoms with van der Waals surface area (Å²) in [5.41, 5.74) is 0. The van der Waals surface area contributed by atoms with Crippen LogP contribution >= 0.6 is 46.7 Å². The third-order valence-electron chi connectivity index (χ3n) is 4.11. The Morgan fingerprint density at radius 3 is 2.46 bits per heavy atom. The van der Waals surface area contributed by atoms with Gasteiger partial charge in [0.2, 0.25) is 0 Å². The van der Waals surface area contributed by atoms with E-state index in [0.717, 1.165) is 57.2 Å². The minimum absolute atomic E-state index is 0. The van der Waals surface area contributed by atoms with E-state index in [0.29, 0.717) is 0 Å². The van der Waals surface area contributed by atoms with Crippen molar-refractivity contribution in [2.24, 2.45) is 4.99 Å². The second-order valence-corrected chi connectivity index (χ2v) is 8.10. The molecular weight excluding hydrogens is 503 g/mol. The topological polar surface area (TPSA) is 67.1 Å². The summed E-state index contributed by atoms with van der Waals surface area (Å²) in [6, 6.07) is 8.52. The molecule has 0 saturated carbocycles. The average Bonchev–Trinajstić information content (AvgIpc) is 3.44. The highest BCUT2D eigenvalue weighted by Gasteiger charge is 2.03. The number of thiophene rings is 2. The van der Waals surface area contributed by atoms with Gasteiger partial charge in [-0.3, -0.25) is 4.99 Å². The molecule has 0 aliphatic carbocycles. The molecule has 0 unspecified atom stereocenters. The van der Waals surface area contributed by atoms with Gasteiger partial charge in [0.25, 0.3) is 0 Å². The summed E-state index contributed by atoms with van der Waals surface area (Å²) in [6.07, 6.45) is 4.66. The molecule has 6 nitrogen and oxygen atoms in total. The lowest BCUT2D eigenvalue weighted by Gasteiger charge is -2.13. The Balaban J connectivity index is 0.00000280. The van der Waals surface area contributed by atoms with Gasteiger partial charge in [-0.25, -0.2) is 0 Å². The lowest BCUT2D eigenvalue weighted by molar-refractivity contribution is 0.631. The van der Waals surface area contributed by atoms with Crippen molar-refractivity contribution in [1.29, 1.82) is 0 Å². The molecule has 28 heavy (non-hydrogen) atoms. The first-order valence-electron chi connectivity index (χ1n) is 9.28. The summed E-state index contributed by atoms with van der Waals surface area (Å²) >= 11 is 3.58. The summed E-state index contributed by atoms with van der Waals surface area (Å²) in [5, 5.41) is 19.2. The highest BCUT2D eigenvalue weighted by atomic mass is 127. The Labute approximate surface area is 191 Å². The van der Waals surface area contributed by atoms with Gasteiger partial charge in [0.05, 0.1) is 0 Å². The normalized spacial score (nSPS) is 11.2. The van der Waals surface area contributed by atoms with Crippen molar-refractivity contribution in [3.8, 4) is 0 Å².